The molecule has 126 valence electrons. The maximum atomic E-state index is 10.3. The zero-order valence-corrected chi connectivity index (χ0v) is 14.7. The monoisotopic (exact) mass is 306 g/mol. The van der Waals surface area contributed by atoms with Crippen molar-refractivity contribution in [3.8, 4) is 0 Å². The van der Waals surface area contributed by atoms with Gasteiger partial charge in [0.15, 0.2) is 0 Å². The summed E-state index contributed by atoms with van der Waals surface area (Å²) >= 11 is 0. The fraction of sp³-hybridized carbons (Fsp3) is 0.800. The lowest BCUT2D eigenvalue weighted by molar-refractivity contribution is -0.0885. The highest BCUT2D eigenvalue weighted by Crippen LogP contribution is 2.61. The summed E-state index contributed by atoms with van der Waals surface area (Å²) < 4.78 is 0. The van der Waals surface area contributed by atoms with Gasteiger partial charge in [0.1, 0.15) is 0 Å². The summed E-state index contributed by atoms with van der Waals surface area (Å²) in [6.45, 7) is 14.9. The molecule has 0 aromatic heterocycles. The van der Waals surface area contributed by atoms with Crippen LogP contribution in [0.4, 0.5) is 0 Å². The maximum Gasteiger partial charge on any atom is 0.0797 e. The molecule has 0 aliphatic heterocycles. The van der Waals surface area contributed by atoms with Crippen molar-refractivity contribution in [2.24, 2.45) is 22.7 Å². The first kappa shape index (κ1) is 17.7. The minimum atomic E-state index is -0.793. The highest BCUT2D eigenvalue weighted by Gasteiger charge is 2.54. The van der Waals surface area contributed by atoms with Gasteiger partial charge < -0.3 is 10.2 Å². The summed E-state index contributed by atoms with van der Waals surface area (Å²) in [5.74, 6) is 1.01. The van der Waals surface area contributed by atoms with Crippen molar-refractivity contribution in [3.63, 3.8) is 0 Å². The molecule has 2 nitrogen and oxygen atoms in total. The van der Waals surface area contributed by atoms with Crippen LogP contribution in [0.2, 0.25) is 0 Å². The summed E-state index contributed by atoms with van der Waals surface area (Å²) in [5, 5.41) is 20.3. The van der Waals surface area contributed by atoms with E-state index in [1.807, 2.05) is 6.92 Å². The van der Waals surface area contributed by atoms with Gasteiger partial charge in [-0.2, -0.15) is 0 Å². The predicted octanol–water partition coefficient (Wildman–Crippen LogP) is 4.47. The van der Waals surface area contributed by atoms with Gasteiger partial charge in [0.2, 0.25) is 0 Å². The highest BCUT2D eigenvalue weighted by atomic mass is 16.3. The van der Waals surface area contributed by atoms with E-state index in [9.17, 15) is 10.2 Å². The standard InChI is InChI=1S/C20H34O2/c1-6-19(4,22)13-10-16-15(2)8-9-17-18(3,14-21)11-7-12-20(16,17)5/h6,16-17,21-22H,1-2,7-14H2,3-5H3/t16-,17+,18-,19+,20-/m0/s1. The fourth-order valence-electron chi connectivity index (χ4n) is 5.34. The maximum absolute atomic E-state index is 10.3. The van der Waals surface area contributed by atoms with E-state index in [2.05, 4.69) is 27.0 Å². The minimum absolute atomic E-state index is 0.0485. The Labute approximate surface area is 136 Å². The van der Waals surface area contributed by atoms with Crippen molar-refractivity contribution in [3.05, 3.63) is 24.8 Å². The smallest absolute Gasteiger partial charge is 0.0797 e. The van der Waals surface area contributed by atoms with Crippen LogP contribution in [-0.4, -0.2) is 22.4 Å². The molecule has 2 aliphatic carbocycles. The molecular weight excluding hydrogens is 272 g/mol. The lowest BCUT2D eigenvalue weighted by atomic mass is 9.46. The first-order chi connectivity index (χ1) is 10.2. The predicted molar refractivity (Wildman–Crippen MR) is 92.6 cm³/mol. The first-order valence-electron chi connectivity index (χ1n) is 8.83. The number of allylic oxidation sites excluding steroid dienone is 1. The molecular formula is C20H34O2. The van der Waals surface area contributed by atoms with Gasteiger partial charge in [0, 0.05) is 6.61 Å². The molecule has 0 aromatic rings. The van der Waals surface area contributed by atoms with Gasteiger partial charge >= 0.3 is 0 Å². The Morgan fingerprint density at radius 3 is 2.64 bits per heavy atom. The summed E-state index contributed by atoms with van der Waals surface area (Å²) in [5.41, 5.74) is 0.814. The van der Waals surface area contributed by atoms with Crippen LogP contribution < -0.4 is 0 Å². The van der Waals surface area contributed by atoms with Gasteiger partial charge in [0.05, 0.1) is 5.60 Å². The molecule has 0 radical (unpaired) electrons. The number of hydrogen-bond donors (Lipinski definition) is 2. The third-order valence-electron chi connectivity index (χ3n) is 6.88. The first-order valence-corrected chi connectivity index (χ1v) is 8.83. The van der Waals surface area contributed by atoms with Crippen molar-refractivity contribution >= 4 is 0 Å². The van der Waals surface area contributed by atoms with Crippen LogP contribution in [0.3, 0.4) is 0 Å². The Kier molecular flexibility index (Phi) is 4.94. The molecule has 2 saturated carbocycles. The quantitative estimate of drug-likeness (QED) is 0.735. The molecule has 0 aromatic carbocycles. The van der Waals surface area contributed by atoms with Crippen LogP contribution >= 0.6 is 0 Å². The molecule has 5 atom stereocenters. The van der Waals surface area contributed by atoms with Gasteiger partial charge in [-0.3, -0.25) is 0 Å². The molecule has 2 aliphatic rings. The van der Waals surface area contributed by atoms with E-state index < -0.39 is 5.60 Å². The van der Waals surface area contributed by atoms with Crippen LogP contribution in [0.25, 0.3) is 0 Å². The Morgan fingerprint density at radius 1 is 1.36 bits per heavy atom. The molecule has 0 amide bonds. The number of fused-ring (bicyclic) bond motifs is 1. The van der Waals surface area contributed by atoms with E-state index in [-0.39, 0.29) is 17.4 Å². The van der Waals surface area contributed by atoms with E-state index in [4.69, 9.17) is 0 Å². The van der Waals surface area contributed by atoms with Crippen LogP contribution in [0.15, 0.2) is 24.8 Å². The second kappa shape index (κ2) is 6.13. The number of aliphatic hydroxyl groups is 2. The van der Waals surface area contributed by atoms with E-state index in [0.29, 0.717) is 11.8 Å². The van der Waals surface area contributed by atoms with E-state index >= 15 is 0 Å². The Hall–Kier alpha value is -0.600. The van der Waals surface area contributed by atoms with Crippen LogP contribution in [-0.2, 0) is 0 Å². The number of hydrogen-bond acceptors (Lipinski definition) is 2. The summed E-state index contributed by atoms with van der Waals surface area (Å²) in [6.07, 6.45) is 9.10. The molecule has 2 rings (SSSR count). The van der Waals surface area contributed by atoms with Gasteiger partial charge in [-0.1, -0.05) is 38.5 Å². The van der Waals surface area contributed by atoms with Gasteiger partial charge in [-0.15, -0.1) is 6.58 Å². The van der Waals surface area contributed by atoms with Crippen molar-refractivity contribution in [1.82, 2.24) is 0 Å². The number of aliphatic hydroxyl groups excluding tert-OH is 1. The van der Waals surface area contributed by atoms with Crippen LogP contribution in [0.5, 0.6) is 0 Å². The SMILES string of the molecule is C=C[C@@](C)(O)CC[C@H]1C(=C)CC[C@@H]2[C@](C)(CO)CCC[C@]21C. The van der Waals surface area contributed by atoms with Gasteiger partial charge in [-0.25, -0.2) is 0 Å². The minimum Gasteiger partial charge on any atom is -0.396 e. The Bertz CT molecular complexity index is 439. The van der Waals surface area contributed by atoms with Crippen LogP contribution in [0, 0.1) is 22.7 Å². The van der Waals surface area contributed by atoms with Gasteiger partial charge in [0.25, 0.3) is 0 Å². The summed E-state index contributed by atoms with van der Waals surface area (Å²) in [6, 6.07) is 0. The normalized spacial score (nSPS) is 41.6. The number of rotatable bonds is 5. The Balaban J connectivity index is 2.24. The molecule has 2 N–H and O–H groups in total. The molecule has 2 fully saturated rings. The molecule has 2 heteroatoms. The molecule has 0 heterocycles. The average Bonchev–Trinajstić information content (AvgIpc) is 2.46. The van der Waals surface area contributed by atoms with Crippen molar-refractivity contribution in [1.29, 1.82) is 0 Å². The molecule has 0 spiro atoms. The van der Waals surface area contributed by atoms with E-state index in [1.165, 1.54) is 18.4 Å². The lowest BCUT2D eigenvalue weighted by Gasteiger charge is -2.58. The van der Waals surface area contributed by atoms with Gasteiger partial charge in [-0.05, 0) is 68.1 Å². The summed E-state index contributed by atoms with van der Waals surface area (Å²) in [7, 11) is 0. The Morgan fingerprint density at radius 2 is 2.05 bits per heavy atom. The third-order valence-corrected chi connectivity index (χ3v) is 6.88. The highest BCUT2D eigenvalue weighted by molar-refractivity contribution is 5.16. The largest absolute Gasteiger partial charge is 0.396 e. The second-order valence-corrected chi connectivity index (χ2v) is 8.57. The average molecular weight is 306 g/mol. The lowest BCUT2D eigenvalue weighted by Crippen LogP contribution is -2.52. The van der Waals surface area contributed by atoms with Crippen molar-refractivity contribution < 1.29 is 10.2 Å². The summed E-state index contributed by atoms with van der Waals surface area (Å²) in [4.78, 5) is 0. The molecule has 22 heavy (non-hydrogen) atoms. The zero-order chi connectivity index (χ0) is 16.6. The zero-order valence-electron chi connectivity index (χ0n) is 14.7. The third kappa shape index (κ3) is 3.05. The van der Waals surface area contributed by atoms with Crippen molar-refractivity contribution in [2.45, 2.75) is 71.3 Å². The molecule has 0 bridgehead atoms. The van der Waals surface area contributed by atoms with Crippen molar-refractivity contribution in [2.75, 3.05) is 6.61 Å². The molecule has 0 saturated heterocycles. The van der Waals surface area contributed by atoms with Crippen LogP contribution in [0.1, 0.15) is 65.7 Å². The second-order valence-electron chi connectivity index (χ2n) is 8.57. The topological polar surface area (TPSA) is 40.5 Å². The fourth-order valence-corrected chi connectivity index (χ4v) is 5.34. The molecule has 0 unspecified atom stereocenters. The van der Waals surface area contributed by atoms with E-state index in [0.717, 1.165) is 32.1 Å². The van der Waals surface area contributed by atoms with E-state index in [1.54, 1.807) is 6.08 Å².